The molecule has 1 aromatic heterocycles. The molecule has 2 aliphatic heterocycles. The lowest BCUT2D eigenvalue weighted by atomic mass is 10.0. The summed E-state index contributed by atoms with van der Waals surface area (Å²) in [6, 6.07) is 5.06. The summed E-state index contributed by atoms with van der Waals surface area (Å²) in [5.41, 5.74) is 1.08. The summed E-state index contributed by atoms with van der Waals surface area (Å²) < 4.78 is 33.3. The van der Waals surface area contributed by atoms with Gasteiger partial charge in [-0.3, -0.25) is 9.59 Å². The largest absolute Gasteiger partial charge is 0.495 e. The van der Waals surface area contributed by atoms with Crippen LogP contribution in [0.4, 0.5) is 31.9 Å². The average Bonchev–Trinajstić information content (AvgIpc) is 2.91. The van der Waals surface area contributed by atoms with Gasteiger partial charge in [-0.15, -0.1) is 0 Å². The normalized spacial score (nSPS) is 18.5. The van der Waals surface area contributed by atoms with Gasteiger partial charge in [-0.05, 0) is 51.2 Å². The van der Waals surface area contributed by atoms with Crippen molar-refractivity contribution in [2.45, 2.75) is 24.8 Å². The molecule has 12 heteroatoms. The lowest BCUT2D eigenvalue weighted by Gasteiger charge is -2.29. The zero-order valence-corrected chi connectivity index (χ0v) is 19.2. The first kappa shape index (κ1) is 23.6. The van der Waals surface area contributed by atoms with E-state index in [1.54, 1.807) is 18.2 Å². The van der Waals surface area contributed by atoms with Gasteiger partial charge in [0.2, 0.25) is 5.95 Å². The molecule has 3 heterocycles. The van der Waals surface area contributed by atoms with Crippen LogP contribution in [0, 0.1) is 0 Å². The highest BCUT2D eigenvalue weighted by Gasteiger charge is 2.44. The fourth-order valence-corrected chi connectivity index (χ4v) is 3.91. The number of hydrogen-bond donors (Lipinski definition) is 3. The molecule has 1 saturated heterocycles. The number of methoxy groups -OCH3 is 1. The number of piperidine rings is 1. The number of amides is 2. The minimum atomic E-state index is -3.56. The van der Waals surface area contributed by atoms with Crippen molar-refractivity contribution in [3.8, 4) is 5.75 Å². The molecule has 0 atom stereocenters. The number of anilines is 4. The van der Waals surface area contributed by atoms with Crippen LogP contribution >= 0.6 is 0 Å². The van der Waals surface area contributed by atoms with E-state index in [9.17, 15) is 18.4 Å². The van der Waals surface area contributed by atoms with Crippen molar-refractivity contribution >= 4 is 35.0 Å². The molecule has 1 fully saturated rings. The Morgan fingerprint density at radius 3 is 2.71 bits per heavy atom. The summed E-state index contributed by atoms with van der Waals surface area (Å²) in [6.07, 6.45) is 3.08. The van der Waals surface area contributed by atoms with Gasteiger partial charge in [0.1, 0.15) is 11.4 Å². The summed E-state index contributed by atoms with van der Waals surface area (Å²) in [4.78, 5) is 36.1. The van der Waals surface area contributed by atoms with E-state index in [1.807, 2.05) is 0 Å². The van der Waals surface area contributed by atoms with Gasteiger partial charge < -0.3 is 30.5 Å². The van der Waals surface area contributed by atoms with Crippen LogP contribution in [0.3, 0.4) is 0 Å². The number of rotatable bonds is 5. The Morgan fingerprint density at radius 2 is 2.00 bits per heavy atom. The smallest absolute Gasteiger partial charge is 0.341 e. The van der Waals surface area contributed by atoms with Crippen LogP contribution in [0.25, 0.3) is 0 Å². The van der Waals surface area contributed by atoms with Gasteiger partial charge in [-0.1, -0.05) is 0 Å². The highest BCUT2D eigenvalue weighted by Crippen LogP contribution is 2.33. The molecule has 2 aliphatic rings. The van der Waals surface area contributed by atoms with Gasteiger partial charge in [0.05, 0.1) is 25.5 Å². The third-order valence-corrected chi connectivity index (χ3v) is 5.99. The second kappa shape index (κ2) is 9.37. The Labute approximate surface area is 195 Å². The molecule has 0 spiro atoms. The van der Waals surface area contributed by atoms with E-state index in [1.165, 1.54) is 20.4 Å². The number of halogens is 2. The van der Waals surface area contributed by atoms with Gasteiger partial charge in [0.15, 0.2) is 5.82 Å². The molecule has 0 saturated carbocycles. The molecule has 0 bridgehead atoms. The Kier molecular flexibility index (Phi) is 6.51. The lowest BCUT2D eigenvalue weighted by Crippen LogP contribution is -2.43. The van der Waals surface area contributed by atoms with Crippen LogP contribution in [0.1, 0.15) is 23.2 Å². The van der Waals surface area contributed by atoms with Crippen molar-refractivity contribution in [3.63, 3.8) is 0 Å². The van der Waals surface area contributed by atoms with E-state index in [0.29, 0.717) is 17.0 Å². The van der Waals surface area contributed by atoms with Crippen LogP contribution in [-0.4, -0.2) is 79.5 Å². The van der Waals surface area contributed by atoms with Crippen LogP contribution in [0.5, 0.6) is 5.75 Å². The highest BCUT2D eigenvalue weighted by atomic mass is 19.3. The fraction of sp³-hybridized carbons (Fsp3) is 0.455. The summed E-state index contributed by atoms with van der Waals surface area (Å²) in [5.74, 6) is -4.48. The molecule has 1 aromatic carbocycles. The summed E-state index contributed by atoms with van der Waals surface area (Å²) in [7, 11) is 4.78. The third-order valence-electron chi connectivity index (χ3n) is 5.99. The van der Waals surface area contributed by atoms with E-state index >= 15 is 0 Å². The molecule has 0 radical (unpaired) electrons. The molecule has 0 aliphatic carbocycles. The third kappa shape index (κ3) is 4.86. The number of nitrogens with one attached hydrogen (secondary N) is 3. The topological polar surface area (TPSA) is 112 Å². The van der Waals surface area contributed by atoms with Gasteiger partial charge in [-0.25, -0.2) is 4.98 Å². The molecule has 0 unspecified atom stereocenters. The minimum Gasteiger partial charge on any atom is -0.495 e. The predicted octanol–water partition coefficient (Wildman–Crippen LogP) is 2.08. The number of carbonyl (C=O) groups excluding carboxylic acids is 2. The standard InChI is InChI=1S/C22H27F2N7O3/c1-30-8-6-14(7-9-30)27-19(32)13-4-5-15(17(10-13)34-3)28-21-25-11-16-18(29-21)26-12-22(23,24)20(33)31(16)2/h4-5,10-11,14H,6-9,12H2,1-3H3,(H,27,32)(H2,25,26,28,29). The predicted molar refractivity (Wildman–Crippen MR) is 123 cm³/mol. The number of benzene rings is 1. The van der Waals surface area contributed by atoms with Gasteiger partial charge >= 0.3 is 5.92 Å². The molecule has 3 N–H and O–H groups in total. The molecule has 34 heavy (non-hydrogen) atoms. The Bertz CT molecular complexity index is 1090. The van der Waals surface area contributed by atoms with Crippen LogP contribution in [-0.2, 0) is 4.79 Å². The van der Waals surface area contributed by atoms with E-state index in [4.69, 9.17) is 4.74 Å². The first-order valence-electron chi connectivity index (χ1n) is 10.9. The summed E-state index contributed by atoms with van der Waals surface area (Å²) in [6.45, 7) is 1.01. The molecule has 4 rings (SSSR count). The molecular weight excluding hydrogens is 448 g/mol. The van der Waals surface area contributed by atoms with Crippen molar-refractivity contribution in [3.05, 3.63) is 30.0 Å². The zero-order chi connectivity index (χ0) is 24.5. The maximum atomic E-state index is 13.9. The van der Waals surface area contributed by atoms with E-state index < -0.39 is 18.4 Å². The number of alkyl halides is 2. The fourth-order valence-electron chi connectivity index (χ4n) is 3.91. The van der Waals surface area contributed by atoms with Crippen molar-refractivity contribution in [2.24, 2.45) is 0 Å². The number of carbonyl (C=O) groups is 2. The zero-order valence-electron chi connectivity index (χ0n) is 19.2. The summed E-state index contributed by atoms with van der Waals surface area (Å²) >= 11 is 0. The molecule has 182 valence electrons. The van der Waals surface area contributed by atoms with Crippen molar-refractivity contribution < 1.29 is 23.1 Å². The van der Waals surface area contributed by atoms with Crippen LogP contribution in [0.2, 0.25) is 0 Å². The van der Waals surface area contributed by atoms with Gasteiger partial charge in [0.25, 0.3) is 11.8 Å². The SMILES string of the molecule is COc1cc(C(=O)NC2CCN(C)CC2)ccc1Nc1ncc2c(n1)NCC(F)(F)C(=O)N2C. The van der Waals surface area contributed by atoms with Crippen molar-refractivity contribution in [1.82, 2.24) is 20.2 Å². The Hall–Kier alpha value is -3.54. The number of hydrogen-bond acceptors (Lipinski definition) is 8. The second-order valence-electron chi connectivity index (χ2n) is 8.44. The van der Waals surface area contributed by atoms with E-state index in [0.717, 1.165) is 30.8 Å². The summed E-state index contributed by atoms with van der Waals surface area (Å²) in [5, 5.41) is 8.55. The molecular formula is C22H27F2N7O3. The second-order valence-corrected chi connectivity index (χ2v) is 8.44. The molecule has 10 nitrogen and oxygen atoms in total. The number of ether oxygens (including phenoxy) is 1. The monoisotopic (exact) mass is 475 g/mol. The Balaban J connectivity index is 1.50. The maximum absolute atomic E-state index is 13.9. The first-order chi connectivity index (χ1) is 16.2. The van der Waals surface area contributed by atoms with Crippen LogP contribution < -0.4 is 25.6 Å². The van der Waals surface area contributed by atoms with Gasteiger partial charge in [0, 0.05) is 18.7 Å². The number of nitrogens with zero attached hydrogens (tertiary/aromatic N) is 4. The van der Waals surface area contributed by atoms with Crippen molar-refractivity contribution in [2.75, 3.05) is 56.4 Å². The van der Waals surface area contributed by atoms with Crippen molar-refractivity contribution in [1.29, 1.82) is 0 Å². The van der Waals surface area contributed by atoms with Crippen LogP contribution in [0.15, 0.2) is 24.4 Å². The van der Waals surface area contributed by atoms with E-state index in [2.05, 4.69) is 37.9 Å². The number of aromatic nitrogens is 2. The molecule has 2 aromatic rings. The minimum absolute atomic E-state index is 0.0959. The first-order valence-corrected chi connectivity index (χ1v) is 10.9. The number of likely N-dealkylation sites (tertiary alicyclic amines) is 1. The maximum Gasteiger partial charge on any atom is 0.341 e. The highest BCUT2D eigenvalue weighted by molar-refractivity contribution is 6.01. The lowest BCUT2D eigenvalue weighted by molar-refractivity contribution is -0.140. The quantitative estimate of drug-likeness (QED) is 0.603. The Morgan fingerprint density at radius 1 is 1.26 bits per heavy atom. The number of fused-ring (bicyclic) bond motifs is 1. The van der Waals surface area contributed by atoms with Gasteiger partial charge in [-0.2, -0.15) is 13.8 Å². The van der Waals surface area contributed by atoms with E-state index in [-0.39, 0.29) is 29.4 Å². The molecule has 2 amide bonds. The average molecular weight is 476 g/mol.